The Morgan fingerprint density at radius 1 is 1.55 bits per heavy atom. The van der Waals surface area contributed by atoms with Crippen molar-refractivity contribution >= 4 is 11.3 Å². The van der Waals surface area contributed by atoms with Gasteiger partial charge < -0.3 is 15.9 Å². The molecule has 1 unspecified atom stereocenters. The van der Waals surface area contributed by atoms with Crippen molar-refractivity contribution in [2.75, 3.05) is 6.61 Å². The summed E-state index contributed by atoms with van der Waals surface area (Å²) in [6.45, 7) is -0.0789. The van der Waals surface area contributed by atoms with Crippen LogP contribution in [0.4, 0.5) is 0 Å². The molecule has 0 aliphatic heterocycles. The molecule has 0 saturated heterocycles. The molecule has 0 amide bonds. The standard InChI is InChI=1S/C7H11NO2S/c8-6(3-9)5-1-2-11-7(5)4-10/h1-2,6,9-10H,3-4,8H2. The minimum absolute atomic E-state index is 0.000694. The van der Waals surface area contributed by atoms with E-state index in [2.05, 4.69) is 0 Å². The van der Waals surface area contributed by atoms with E-state index in [-0.39, 0.29) is 19.3 Å². The van der Waals surface area contributed by atoms with E-state index in [9.17, 15) is 0 Å². The van der Waals surface area contributed by atoms with Crippen LogP contribution in [0.5, 0.6) is 0 Å². The number of aliphatic hydroxyl groups is 2. The highest BCUT2D eigenvalue weighted by molar-refractivity contribution is 7.10. The molecule has 0 fully saturated rings. The van der Waals surface area contributed by atoms with Crippen LogP contribution in [0.1, 0.15) is 16.5 Å². The Bertz CT molecular complexity index is 224. The second kappa shape index (κ2) is 3.82. The number of hydrogen-bond acceptors (Lipinski definition) is 4. The lowest BCUT2D eigenvalue weighted by molar-refractivity contribution is 0.261. The van der Waals surface area contributed by atoms with Gasteiger partial charge in [-0.3, -0.25) is 0 Å². The molecular weight excluding hydrogens is 162 g/mol. The van der Waals surface area contributed by atoms with Gasteiger partial charge in [-0.25, -0.2) is 0 Å². The Hall–Kier alpha value is -0.420. The highest BCUT2D eigenvalue weighted by Gasteiger charge is 2.09. The Morgan fingerprint density at radius 2 is 2.27 bits per heavy atom. The van der Waals surface area contributed by atoms with Crippen molar-refractivity contribution in [1.29, 1.82) is 0 Å². The van der Waals surface area contributed by atoms with Crippen LogP contribution in [-0.2, 0) is 6.61 Å². The fourth-order valence-electron chi connectivity index (χ4n) is 0.908. The summed E-state index contributed by atoms with van der Waals surface area (Å²) in [6, 6.07) is 1.47. The van der Waals surface area contributed by atoms with Crippen molar-refractivity contribution in [1.82, 2.24) is 0 Å². The van der Waals surface area contributed by atoms with Gasteiger partial charge >= 0.3 is 0 Å². The smallest absolute Gasteiger partial charge is 0.0777 e. The van der Waals surface area contributed by atoms with Crippen molar-refractivity contribution < 1.29 is 10.2 Å². The van der Waals surface area contributed by atoms with Crippen LogP contribution in [-0.4, -0.2) is 16.8 Å². The minimum Gasteiger partial charge on any atom is -0.394 e. The van der Waals surface area contributed by atoms with Crippen molar-refractivity contribution in [2.24, 2.45) is 5.73 Å². The SMILES string of the molecule is NC(CO)c1ccsc1CO. The van der Waals surface area contributed by atoms with Crippen LogP contribution in [0.3, 0.4) is 0 Å². The molecule has 0 aliphatic carbocycles. The molecule has 1 aromatic rings. The molecule has 0 bridgehead atoms. The molecular formula is C7H11NO2S. The van der Waals surface area contributed by atoms with E-state index < -0.39 is 0 Å². The first-order valence-electron chi connectivity index (χ1n) is 3.33. The number of aliphatic hydroxyl groups excluding tert-OH is 2. The maximum absolute atomic E-state index is 8.82. The second-order valence-corrected chi connectivity index (χ2v) is 3.25. The lowest BCUT2D eigenvalue weighted by Gasteiger charge is -2.07. The highest BCUT2D eigenvalue weighted by atomic mass is 32.1. The zero-order valence-electron chi connectivity index (χ0n) is 6.03. The zero-order chi connectivity index (χ0) is 8.27. The molecule has 4 N–H and O–H groups in total. The fraction of sp³-hybridized carbons (Fsp3) is 0.429. The molecule has 3 nitrogen and oxygen atoms in total. The van der Waals surface area contributed by atoms with Gasteiger partial charge in [-0.1, -0.05) is 0 Å². The summed E-state index contributed by atoms with van der Waals surface area (Å²) in [4.78, 5) is 0.839. The summed E-state index contributed by atoms with van der Waals surface area (Å²) in [7, 11) is 0. The van der Waals surface area contributed by atoms with Crippen LogP contribution >= 0.6 is 11.3 Å². The van der Waals surface area contributed by atoms with E-state index in [1.54, 1.807) is 0 Å². The van der Waals surface area contributed by atoms with E-state index in [4.69, 9.17) is 15.9 Å². The Labute approximate surface area is 69.1 Å². The lowest BCUT2D eigenvalue weighted by Crippen LogP contribution is -2.14. The first kappa shape index (κ1) is 8.67. The molecule has 0 spiro atoms. The summed E-state index contributed by atoms with van der Waals surface area (Å²) in [5, 5.41) is 19.4. The van der Waals surface area contributed by atoms with E-state index in [0.29, 0.717) is 0 Å². The van der Waals surface area contributed by atoms with Crippen LogP contribution < -0.4 is 5.73 Å². The van der Waals surface area contributed by atoms with Gasteiger partial charge in [0.1, 0.15) is 0 Å². The fourth-order valence-corrected chi connectivity index (χ4v) is 1.72. The van der Waals surface area contributed by atoms with Gasteiger partial charge in [0.2, 0.25) is 0 Å². The van der Waals surface area contributed by atoms with Crippen LogP contribution in [0.15, 0.2) is 11.4 Å². The lowest BCUT2D eigenvalue weighted by atomic mass is 10.1. The third-order valence-corrected chi connectivity index (χ3v) is 2.44. The summed E-state index contributed by atoms with van der Waals surface area (Å²) in [6.07, 6.45) is 0. The molecule has 1 atom stereocenters. The van der Waals surface area contributed by atoms with Crippen LogP contribution in [0, 0.1) is 0 Å². The average molecular weight is 173 g/mol. The first-order valence-corrected chi connectivity index (χ1v) is 4.21. The third-order valence-electron chi connectivity index (χ3n) is 1.52. The summed E-state index contributed by atoms with van der Waals surface area (Å²) >= 11 is 1.45. The van der Waals surface area contributed by atoms with Gasteiger partial charge in [0, 0.05) is 4.88 Å². The molecule has 1 rings (SSSR count). The second-order valence-electron chi connectivity index (χ2n) is 2.25. The molecule has 1 heterocycles. The molecule has 4 heteroatoms. The van der Waals surface area contributed by atoms with E-state index >= 15 is 0 Å². The zero-order valence-corrected chi connectivity index (χ0v) is 6.84. The van der Waals surface area contributed by atoms with Gasteiger partial charge in [0.15, 0.2) is 0 Å². The van der Waals surface area contributed by atoms with E-state index in [1.165, 1.54) is 11.3 Å². The van der Waals surface area contributed by atoms with Gasteiger partial charge in [0.25, 0.3) is 0 Å². The predicted molar refractivity (Wildman–Crippen MR) is 44.3 cm³/mol. The first-order chi connectivity index (χ1) is 5.29. The Morgan fingerprint density at radius 3 is 2.82 bits per heavy atom. The summed E-state index contributed by atoms with van der Waals surface area (Å²) in [5.41, 5.74) is 6.41. The third kappa shape index (κ3) is 1.78. The maximum atomic E-state index is 8.82. The molecule has 0 aliphatic rings. The molecule has 62 valence electrons. The van der Waals surface area contributed by atoms with Crippen molar-refractivity contribution in [3.8, 4) is 0 Å². The number of thiophene rings is 1. The number of nitrogens with two attached hydrogens (primary N) is 1. The van der Waals surface area contributed by atoms with E-state index in [0.717, 1.165) is 10.4 Å². The molecule has 11 heavy (non-hydrogen) atoms. The molecule has 0 aromatic carbocycles. The van der Waals surface area contributed by atoms with Gasteiger partial charge in [-0.2, -0.15) is 0 Å². The van der Waals surface area contributed by atoms with Crippen molar-refractivity contribution in [3.05, 3.63) is 21.9 Å². The normalized spacial score (nSPS) is 13.4. The predicted octanol–water partition coefficient (Wildman–Crippen LogP) is 0.232. The maximum Gasteiger partial charge on any atom is 0.0777 e. The van der Waals surface area contributed by atoms with Crippen molar-refractivity contribution in [2.45, 2.75) is 12.6 Å². The van der Waals surface area contributed by atoms with Crippen molar-refractivity contribution in [3.63, 3.8) is 0 Å². The summed E-state index contributed by atoms with van der Waals surface area (Å²) < 4.78 is 0. The average Bonchev–Trinajstić information content (AvgIpc) is 2.50. The van der Waals surface area contributed by atoms with Gasteiger partial charge in [-0.05, 0) is 17.0 Å². The monoisotopic (exact) mass is 173 g/mol. The Balaban J connectivity index is 2.83. The van der Waals surface area contributed by atoms with Crippen LogP contribution in [0.25, 0.3) is 0 Å². The molecule has 0 radical (unpaired) electrons. The largest absolute Gasteiger partial charge is 0.394 e. The quantitative estimate of drug-likeness (QED) is 0.613. The topological polar surface area (TPSA) is 66.5 Å². The van der Waals surface area contributed by atoms with Gasteiger partial charge in [0.05, 0.1) is 19.3 Å². The summed E-state index contributed by atoms with van der Waals surface area (Å²) in [5.74, 6) is 0. The van der Waals surface area contributed by atoms with E-state index in [1.807, 2.05) is 11.4 Å². The Kier molecular flexibility index (Phi) is 3.02. The molecule has 1 aromatic heterocycles. The molecule has 0 saturated carbocycles. The minimum atomic E-state index is -0.358. The van der Waals surface area contributed by atoms with Gasteiger partial charge in [-0.15, -0.1) is 11.3 Å². The highest BCUT2D eigenvalue weighted by Crippen LogP contribution is 2.21. The number of rotatable bonds is 3. The number of hydrogen-bond donors (Lipinski definition) is 3. The van der Waals surface area contributed by atoms with Crippen LogP contribution in [0.2, 0.25) is 0 Å².